The van der Waals surface area contributed by atoms with Crippen molar-refractivity contribution in [3.8, 4) is 0 Å². The topological polar surface area (TPSA) is 42.0 Å². The summed E-state index contributed by atoms with van der Waals surface area (Å²) in [6.07, 6.45) is -0.143. The van der Waals surface area contributed by atoms with E-state index >= 15 is 0 Å². The van der Waals surface area contributed by atoms with E-state index in [1.54, 1.807) is 26.2 Å². The monoisotopic (exact) mass is 338 g/mol. The quantitative estimate of drug-likeness (QED) is 0.795. The molecule has 0 aliphatic carbocycles. The maximum absolute atomic E-state index is 13.9. The van der Waals surface area contributed by atoms with Crippen LogP contribution in [0, 0.1) is 5.82 Å². The molecule has 1 fully saturated rings. The van der Waals surface area contributed by atoms with Crippen molar-refractivity contribution in [3.05, 3.63) is 35.6 Å². The van der Waals surface area contributed by atoms with Crippen LogP contribution in [0.3, 0.4) is 0 Å². The number of amides is 1. The zero-order chi connectivity index (χ0) is 17.7. The molecule has 1 aliphatic rings. The van der Waals surface area contributed by atoms with Gasteiger partial charge in [0.25, 0.3) is 0 Å². The molecule has 0 bridgehead atoms. The molecule has 0 saturated carbocycles. The van der Waals surface area contributed by atoms with Crippen LogP contribution in [0.5, 0.6) is 0 Å². The lowest BCUT2D eigenvalue weighted by Crippen LogP contribution is -2.53. The van der Waals surface area contributed by atoms with Crippen molar-refractivity contribution in [1.29, 1.82) is 0 Å². The lowest BCUT2D eigenvalue weighted by Gasteiger charge is -2.42. The number of likely N-dealkylation sites (N-methyl/N-ethyl adjacent to an activating group) is 1. The predicted octanol–water partition coefficient (Wildman–Crippen LogP) is 1.91. The van der Waals surface area contributed by atoms with Gasteiger partial charge in [0.1, 0.15) is 12.4 Å². The third-order valence-electron chi connectivity index (χ3n) is 3.93. The summed E-state index contributed by atoms with van der Waals surface area (Å²) in [7, 11) is 3.39. The van der Waals surface area contributed by atoms with Gasteiger partial charge >= 0.3 is 0 Å². The Labute approximate surface area is 143 Å². The van der Waals surface area contributed by atoms with Crippen LogP contribution < -0.4 is 0 Å². The lowest BCUT2D eigenvalue weighted by atomic mass is 10.0. The second-order valence-corrected chi connectivity index (χ2v) is 7.06. The maximum atomic E-state index is 13.9. The molecule has 1 saturated heterocycles. The molecule has 0 unspecified atom stereocenters. The normalized spacial score (nSPS) is 20.8. The minimum absolute atomic E-state index is 0.0423. The number of carbonyl (C=O) groups is 1. The molecule has 1 aromatic carbocycles. The Kier molecular flexibility index (Phi) is 6.32. The Hall–Kier alpha value is -1.50. The number of ether oxygens (including phenoxy) is 2. The Morgan fingerprint density at radius 2 is 2.12 bits per heavy atom. The highest BCUT2D eigenvalue weighted by atomic mass is 19.1. The molecule has 1 amide bonds. The molecule has 2 rings (SSSR count). The number of rotatable bonds is 6. The van der Waals surface area contributed by atoms with Crippen molar-refractivity contribution in [2.75, 3.05) is 40.4 Å². The van der Waals surface area contributed by atoms with Gasteiger partial charge in [-0.15, -0.1) is 0 Å². The van der Waals surface area contributed by atoms with Gasteiger partial charge in [-0.05, 0) is 19.9 Å². The molecule has 0 N–H and O–H groups in total. The molecule has 5 nitrogen and oxygen atoms in total. The highest BCUT2D eigenvalue weighted by Crippen LogP contribution is 2.23. The van der Waals surface area contributed by atoms with E-state index in [1.165, 1.54) is 11.0 Å². The van der Waals surface area contributed by atoms with Gasteiger partial charge in [-0.1, -0.05) is 18.2 Å². The van der Waals surface area contributed by atoms with Crippen LogP contribution >= 0.6 is 0 Å². The van der Waals surface area contributed by atoms with Gasteiger partial charge in [0.2, 0.25) is 5.91 Å². The number of nitrogens with zero attached hydrogens (tertiary/aromatic N) is 2. The second-order valence-electron chi connectivity index (χ2n) is 7.06. The molecule has 6 heteroatoms. The van der Waals surface area contributed by atoms with Crippen LogP contribution in [-0.2, 0) is 20.8 Å². The van der Waals surface area contributed by atoms with Gasteiger partial charge in [-0.2, -0.15) is 0 Å². The highest BCUT2D eigenvalue weighted by molar-refractivity contribution is 5.76. The average molecular weight is 338 g/mol. The van der Waals surface area contributed by atoms with Crippen molar-refractivity contribution in [2.24, 2.45) is 0 Å². The van der Waals surface area contributed by atoms with E-state index in [0.717, 1.165) is 0 Å². The first-order chi connectivity index (χ1) is 11.3. The van der Waals surface area contributed by atoms with Crippen molar-refractivity contribution >= 4 is 5.91 Å². The van der Waals surface area contributed by atoms with Crippen LogP contribution in [-0.4, -0.2) is 67.8 Å². The van der Waals surface area contributed by atoms with Gasteiger partial charge in [-0.25, -0.2) is 4.39 Å². The molecule has 1 aliphatic heterocycles. The maximum Gasteiger partial charge on any atom is 0.248 e. The fraction of sp³-hybridized carbons (Fsp3) is 0.611. The Morgan fingerprint density at radius 1 is 1.42 bits per heavy atom. The summed E-state index contributed by atoms with van der Waals surface area (Å²) < 4.78 is 25.4. The molecule has 0 aromatic heterocycles. The van der Waals surface area contributed by atoms with Crippen molar-refractivity contribution in [3.63, 3.8) is 0 Å². The number of hydrogen-bond donors (Lipinski definition) is 0. The smallest absolute Gasteiger partial charge is 0.248 e. The number of morpholine rings is 1. The lowest BCUT2D eigenvalue weighted by molar-refractivity contribution is -0.161. The average Bonchev–Trinajstić information content (AvgIpc) is 2.48. The molecule has 1 atom stereocenters. The minimum Gasteiger partial charge on any atom is -0.369 e. The molecular formula is C18H27FN2O3. The van der Waals surface area contributed by atoms with Gasteiger partial charge in [-0.3, -0.25) is 9.69 Å². The standard InChI is InChI=1S/C18H27FN2O3/c1-18(2)13-21(9-14-7-5-6-8-16(14)19)10-15(24-18)11-23-12-17(22)20(3)4/h5-8,15H,9-13H2,1-4H3/t15-/m1/s1. The third kappa shape index (κ3) is 5.54. The molecule has 0 spiro atoms. The molecule has 0 radical (unpaired) electrons. The summed E-state index contributed by atoms with van der Waals surface area (Å²) in [6, 6.07) is 6.82. The summed E-state index contributed by atoms with van der Waals surface area (Å²) in [5.41, 5.74) is 0.334. The highest BCUT2D eigenvalue weighted by Gasteiger charge is 2.33. The van der Waals surface area contributed by atoms with Crippen LogP contribution in [0.4, 0.5) is 4.39 Å². The largest absolute Gasteiger partial charge is 0.369 e. The summed E-state index contributed by atoms with van der Waals surface area (Å²) in [5.74, 6) is -0.264. The van der Waals surface area contributed by atoms with Crippen LogP contribution in [0.1, 0.15) is 19.4 Å². The molecule has 1 heterocycles. The van der Waals surface area contributed by atoms with Crippen molar-refractivity contribution in [1.82, 2.24) is 9.80 Å². The first kappa shape index (κ1) is 18.8. The molecule has 134 valence electrons. The number of halogens is 1. The van der Waals surface area contributed by atoms with E-state index < -0.39 is 0 Å². The van der Waals surface area contributed by atoms with E-state index in [9.17, 15) is 9.18 Å². The second kappa shape index (κ2) is 8.05. The Balaban J connectivity index is 1.91. The van der Waals surface area contributed by atoms with Crippen LogP contribution in [0.25, 0.3) is 0 Å². The van der Waals surface area contributed by atoms with Gasteiger partial charge in [0.15, 0.2) is 0 Å². The van der Waals surface area contributed by atoms with Crippen molar-refractivity contribution in [2.45, 2.75) is 32.1 Å². The van der Waals surface area contributed by atoms with E-state index in [-0.39, 0.29) is 30.0 Å². The Bertz CT molecular complexity index is 563. The van der Waals surface area contributed by atoms with Crippen LogP contribution in [0.15, 0.2) is 24.3 Å². The zero-order valence-corrected chi connectivity index (χ0v) is 14.9. The van der Waals surface area contributed by atoms with Gasteiger partial charge in [0.05, 0.1) is 18.3 Å². The molecule has 24 heavy (non-hydrogen) atoms. The fourth-order valence-electron chi connectivity index (χ4n) is 2.90. The van der Waals surface area contributed by atoms with Gasteiger partial charge < -0.3 is 14.4 Å². The zero-order valence-electron chi connectivity index (χ0n) is 14.9. The summed E-state index contributed by atoms with van der Waals surface area (Å²) in [5, 5.41) is 0. The predicted molar refractivity (Wildman–Crippen MR) is 90.1 cm³/mol. The number of hydrogen-bond acceptors (Lipinski definition) is 4. The van der Waals surface area contributed by atoms with E-state index in [0.29, 0.717) is 31.8 Å². The van der Waals surface area contributed by atoms with Crippen molar-refractivity contribution < 1.29 is 18.7 Å². The first-order valence-electron chi connectivity index (χ1n) is 8.18. The van der Waals surface area contributed by atoms with E-state index in [2.05, 4.69) is 4.90 Å². The third-order valence-corrected chi connectivity index (χ3v) is 3.93. The summed E-state index contributed by atoms with van der Waals surface area (Å²) >= 11 is 0. The molecule has 1 aromatic rings. The number of benzene rings is 1. The fourth-order valence-corrected chi connectivity index (χ4v) is 2.90. The van der Waals surface area contributed by atoms with E-state index in [1.807, 2.05) is 19.9 Å². The summed E-state index contributed by atoms with van der Waals surface area (Å²) in [6.45, 7) is 6.31. The minimum atomic E-state index is -0.344. The van der Waals surface area contributed by atoms with E-state index in [4.69, 9.17) is 9.47 Å². The summed E-state index contributed by atoms with van der Waals surface area (Å²) in [4.78, 5) is 15.2. The molecular weight excluding hydrogens is 311 g/mol. The SMILES string of the molecule is CN(C)C(=O)COC[C@H]1CN(Cc2ccccc2F)CC(C)(C)O1. The Morgan fingerprint density at radius 3 is 2.79 bits per heavy atom. The van der Waals surface area contributed by atoms with Crippen LogP contribution in [0.2, 0.25) is 0 Å². The first-order valence-corrected chi connectivity index (χ1v) is 8.18. The van der Waals surface area contributed by atoms with Gasteiger partial charge in [0, 0.05) is 39.3 Å². The number of carbonyl (C=O) groups excluding carboxylic acids is 1.